The number of nitrogens with zero attached hydrogens (tertiary/aromatic N) is 1. The number of ether oxygens (including phenoxy) is 1. The van der Waals surface area contributed by atoms with Crippen LogP contribution in [0.5, 0.6) is 0 Å². The Bertz CT molecular complexity index is 1150. The van der Waals surface area contributed by atoms with E-state index in [0.717, 1.165) is 41.1 Å². The van der Waals surface area contributed by atoms with Crippen molar-refractivity contribution in [1.82, 2.24) is 10.3 Å². The van der Waals surface area contributed by atoms with Crippen LogP contribution in [0.15, 0.2) is 34.8 Å². The fourth-order valence-corrected chi connectivity index (χ4v) is 5.83. The average molecular weight is 601 g/mol. The van der Waals surface area contributed by atoms with Gasteiger partial charge in [0.05, 0.1) is 34.7 Å². The summed E-state index contributed by atoms with van der Waals surface area (Å²) in [6.45, 7) is 15.1. The van der Waals surface area contributed by atoms with Crippen molar-refractivity contribution in [3.63, 3.8) is 0 Å². The molecule has 0 fully saturated rings. The van der Waals surface area contributed by atoms with Crippen LogP contribution in [0.2, 0.25) is 0 Å². The number of Topliss-reactive ketones (excluding diaryl/α,β-unsaturated/α-hetero) is 1. The van der Waals surface area contributed by atoms with Crippen LogP contribution in [0.25, 0.3) is 6.08 Å². The van der Waals surface area contributed by atoms with E-state index in [1.165, 1.54) is 0 Å². The number of unbranched alkanes of at least 4 members (excludes halogenated alkanes) is 3. The summed E-state index contributed by atoms with van der Waals surface area (Å²) in [4.78, 5) is 44.8. The van der Waals surface area contributed by atoms with Crippen LogP contribution in [0.3, 0.4) is 0 Å². The number of rotatable bonds is 8. The van der Waals surface area contributed by atoms with E-state index >= 15 is 0 Å². The predicted molar refractivity (Wildman–Crippen MR) is 171 cm³/mol. The van der Waals surface area contributed by atoms with E-state index in [1.54, 1.807) is 32.1 Å². The van der Waals surface area contributed by atoms with Gasteiger partial charge in [0.2, 0.25) is 5.91 Å². The smallest absolute Gasteiger partial charge is 0.306 e. The zero-order chi connectivity index (χ0) is 31.4. The molecule has 0 saturated carbocycles. The number of aliphatic hydroxyl groups is 1. The standard InChI is InChI=1S/C34H52N2O5S/c1-9-10-11-12-16-31(38)41-29-20-30(37)36-28(24(4)19-27-21-42-26(6)35-27)18-17-22(2)14-13-15-23(3)32(39)25(5)33(40)34(29,7)8/h13,15,17,19,21,23,25,28-29,32,39H,9-12,14,16,18,20H2,1-8H3,(H,36,37)/b15-13-,22-17-,24-19+/t23-,25+,28-,29-,32-/m0/s1. The van der Waals surface area contributed by atoms with Gasteiger partial charge in [-0.05, 0) is 65.5 Å². The van der Waals surface area contributed by atoms with E-state index in [9.17, 15) is 19.5 Å². The number of amides is 1. The van der Waals surface area contributed by atoms with Crippen LogP contribution in [0, 0.1) is 24.2 Å². The molecule has 1 aliphatic rings. The molecule has 2 heterocycles. The van der Waals surface area contributed by atoms with Gasteiger partial charge in [-0.25, -0.2) is 4.98 Å². The van der Waals surface area contributed by atoms with Gasteiger partial charge in [0, 0.05) is 23.6 Å². The first kappa shape index (κ1) is 35.6. The van der Waals surface area contributed by atoms with E-state index in [0.29, 0.717) is 19.3 Å². The maximum Gasteiger partial charge on any atom is 0.306 e. The molecule has 0 spiro atoms. The monoisotopic (exact) mass is 600 g/mol. The second kappa shape index (κ2) is 16.9. The second-order valence-electron chi connectivity index (χ2n) is 12.4. The maximum atomic E-state index is 13.8. The molecular weight excluding hydrogens is 548 g/mol. The summed E-state index contributed by atoms with van der Waals surface area (Å²) in [6.07, 6.45) is 11.3. The van der Waals surface area contributed by atoms with Gasteiger partial charge in [0.25, 0.3) is 0 Å². The lowest BCUT2D eigenvalue weighted by molar-refractivity contribution is -0.162. The summed E-state index contributed by atoms with van der Waals surface area (Å²) in [7, 11) is 0. The summed E-state index contributed by atoms with van der Waals surface area (Å²) < 4.78 is 5.90. The van der Waals surface area contributed by atoms with Gasteiger partial charge >= 0.3 is 5.97 Å². The highest BCUT2D eigenvalue weighted by Gasteiger charge is 2.44. The SMILES string of the molecule is CCCCCCC(=O)O[C@H]1CC(=O)N[C@H](/C(C)=C/c2csc(C)n2)C/C=C(/C)C/C=C\[C@H](C)[C@H](O)[C@@H](C)C(=O)C1(C)C. The normalized spacial score (nSPS) is 28.5. The number of carbonyl (C=O) groups excluding carboxylic acids is 3. The summed E-state index contributed by atoms with van der Waals surface area (Å²) in [5.41, 5.74) is 1.76. The predicted octanol–water partition coefficient (Wildman–Crippen LogP) is 7.14. The van der Waals surface area contributed by atoms with Crippen molar-refractivity contribution >= 4 is 35.1 Å². The van der Waals surface area contributed by atoms with Crippen molar-refractivity contribution in [2.45, 2.75) is 125 Å². The Kier molecular flexibility index (Phi) is 14.3. The molecule has 1 aromatic rings. The molecule has 2 rings (SSSR count). The summed E-state index contributed by atoms with van der Waals surface area (Å²) in [6, 6.07) is -0.296. The molecule has 0 saturated heterocycles. The molecule has 5 atom stereocenters. The van der Waals surface area contributed by atoms with Crippen molar-refractivity contribution in [2.75, 3.05) is 0 Å². The van der Waals surface area contributed by atoms with Gasteiger partial charge in [-0.2, -0.15) is 0 Å². The third kappa shape index (κ3) is 10.9. The number of hydrogen-bond donors (Lipinski definition) is 2. The number of aromatic nitrogens is 1. The average Bonchev–Trinajstić information content (AvgIpc) is 3.35. The molecule has 42 heavy (non-hydrogen) atoms. The van der Waals surface area contributed by atoms with Crippen molar-refractivity contribution in [2.24, 2.45) is 17.3 Å². The number of allylic oxidation sites excluding steroid dienone is 2. The van der Waals surface area contributed by atoms with E-state index in [4.69, 9.17) is 4.74 Å². The summed E-state index contributed by atoms with van der Waals surface area (Å²) in [5.74, 6) is -1.90. The first-order valence-corrected chi connectivity index (χ1v) is 16.3. The highest BCUT2D eigenvalue weighted by molar-refractivity contribution is 7.09. The van der Waals surface area contributed by atoms with Gasteiger partial charge in [-0.1, -0.05) is 63.8 Å². The van der Waals surface area contributed by atoms with Crippen molar-refractivity contribution in [1.29, 1.82) is 0 Å². The molecule has 7 nitrogen and oxygen atoms in total. The minimum atomic E-state index is -1.19. The lowest BCUT2D eigenvalue weighted by Crippen LogP contribution is -2.48. The zero-order valence-electron chi connectivity index (χ0n) is 26.9. The Morgan fingerprint density at radius 2 is 1.93 bits per heavy atom. The molecule has 0 aromatic carbocycles. The van der Waals surface area contributed by atoms with Crippen molar-refractivity contribution < 1.29 is 24.2 Å². The number of aliphatic hydroxyl groups excluding tert-OH is 1. The van der Waals surface area contributed by atoms with Crippen LogP contribution in [-0.2, 0) is 19.1 Å². The number of ketones is 1. The minimum Gasteiger partial charge on any atom is -0.461 e. The molecule has 0 aliphatic carbocycles. The van der Waals surface area contributed by atoms with E-state index in [1.807, 2.05) is 51.3 Å². The minimum absolute atomic E-state index is 0.153. The maximum absolute atomic E-state index is 13.8. The Balaban J connectivity index is 2.44. The highest BCUT2D eigenvalue weighted by Crippen LogP contribution is 2.33. The third-order valence-electron chi connectivity index (χ3n) is 8.26. The Hall–Kier alpha value is -2.58. The molecule has 1 aromatic heterocycles. The second-order valence-corrected chi connectivity index (χ2v) is 13.5. The van der Waals surface area contributed by atoms with Crippen LogP contribution < -0.4 is 5.32 Å². The number of thiazole rings is 1. The fraction of sp³-hybridized carbons (Fsp3) is 0.647. The summed E-state index contributed by atoms with van der Waals surface area (Å²) in [5, 5.41) is 17.1. The molecule has 1 amide bonds. The van der Waals surface area contributed by atoms with Gasteiger partial charge in [-0.15, -0.1) is 11.3 Å². The first-order chi connectivity index (χ1) is 19.8. The van der Waals surface area contributed by atoms with Crippen LogP contribution in [0.4, 0.5) is 0 Å². The number of aryl methyl sites for hydroxylation is 1. The molecule has 0 bridgehead atoms. The van der Waals surface area contributed by atoms with Crippen molar-refractivity contribution in [3.05, 3.63) is 45.5 Å². The molecule has 2 N–H and O–H groups in total. The molecule has 1 aliphatic heterocycles. The van der Waals surface area contributed by atoms with Gasteiger partial charge in [-0.3, -0.25) is 14.4 Å². The molecule has 0 unspecified atom stereocenters. The van der Waals surface area contributed by atoms with Gasteiger partial charge < -0.3 is 15.2 Å². The number of carbonyl (C=O) groups is 3. The van der Waals surface area contributed by atoms with Gasteiger partial charge in [0.1, 0.15) is 11.9 Å². The Morgan fingerprint density at radius 1 is 1.21 bits per heavy atom. The van der Waals surface area contributed by atoms with Crippen LogP contribution >= 0.6 is 11.3 Å². The number of esters is 1. The lowest BCUT2D eigenvalue weighted by atomic mass is 9.73. The zero-order valence-corrected chi connectivity index (χ0v) is 27.7. The Morgan fingerprint density at radius 3 is 2.57 bits per heavy atom. The summed E-state index contributed by atoms with van der Waals surface area (Å²) >= 11 is 1.57. The first-order valence-electron chi connectivity index (χ1n) is 15.4. The quantitative estimate of drug-likeness (QED) is 0.187. The lowest BCUT2D eigenvalue weighted by Gasteiger charge is -2.36. The molecule has 234 valence electrons. The van der Waals surface area contributed by atoms with Crippen LogP contribution in [-0.4, -0.2) is 46.0 Å². The molecule has 8 heteroatoms. The number of nitrogens with one attached hydrogen (secondary N) is 1. The highest BCUT2D eigenvalue weighted by atomic mass is 32.1. The topological polar surface area (TPSA) is 106 Å². The van der Waals surface area contributed by atoms with E-state index in [2.05, 4.69) is 23.3 Å². The molecular formula is C34H52N2O5S. The third-order valence-corrected chi connectivity index (χ3v) is 9.05. The Labute approximate surface area is 256 Å². The number of hydrogen-bond acceptors (Lipinski definition) is 7. The fourth-order valence-electron chi connectivity index (χ4n) is 5.26. The van der Waals surface area contributed by atoms with E-state index < -0.39 is 29.5 Å². The van der Waals surface area contributed by atoms with E-state index in [-0.39, 0.29) is 36.5 Å². The van der Waals surface area contributed by atoms with Gasteiger partial charge in [0.15, 0.2) is 0 Å². The largest absolute Gasteiger partial charge is 0.461 e. The van der Waals surface area contributed by atoms with Crippen molar-refractivity contribution in [3.8, 4) is 0 Å². The van der Waals surface area contributed by atoms with Crippen LogP contribution in [0.1, 0.15) is 111 Å². The molecule has 0 radical (unpaired) electrons.